The number of benzene rings is 5. The summed E-state index contributed by atoms with van der Waals surface area (Å²) in [6.07, 6.45) is 2.99. The van der Waals surface area contributed by atoms with E-state index in [0.717, 1.165) is 47.1 Å². The molecule has 0 radical (unpaired) electrons. The van der Waals surface area contributed by atoms with Gasteiger partial charge in [0.1, 0.15) is 24.0 Å². The van der Waals surface area contributed by atoms with Gasteiger partial charge in [-0.3, -0.25) is 4.57 Å². The summed E-state index contributed by atoms with van der Waals surface area (Å²) in [6.45, 7) is 12.0. The third-order valence-electron chi connectivity index (χ3n) is 9.46. The van der Waals surface area contributed by atoms with Crippen LogP contribution in [0.1, 0.15) is 45.7 Å². The highest BCUT2D eigenvalue weighted by Crippen LogP contribution is 2.45. The van der Waals surface area contributed by atoms with Gasteiger partial charge in [-0.1, -0.05) is 83.1 Å². The molecule has 0 saturated carbocycles. The van der Waals surface area contributed by atoms with Gasteiger partial charge in [-0.25, -0.2) is 4.98 Å². The van der Waals surface area contributed by atoms with E-state index < -0.39 is 0 Å². The van der Waals surface area contributed by atoms with Crippen molar-refractivity contribution < 1.29 is 4.74 Å². The molecule has 0 N–H and O–H groups in total. The van der Waals surface area contributed by atoms with E-state index >= 15 is 0 Å². The molecule has 1 aliphatic heterocycles. The van der Waals surface area contributed by atoms with E-state index in [9.17, 15) is 0 Å². The highest BCUT2D eigenvalue weighted by molar-refractivity contribution is 6.09. The van der Waals surface area contributed by atoms with Crippen LogP contribution in [0.25, 0.3) is 27.6 Å². The van der Waals surface area contributed by atoms with Gasteiger partial charge >= 0.3 is 0 Å². The van der Waals surface area contributed by atoms with Crippen LogP contribution in [0.3, 0.4) is 0 Å². The Hall–Kier alpha value is -5.55. The zero-order valence-electron chi connectivity index (χ0n) is 28.9. The van der Waals surface area contributed by atoms with Crippen LogP contribution in [-0.4, -0.2) is 16.2 Å². The number of aromatic nitrogens is 2. The lowest BCUT2D eigenvalue weighted by molar-refractivity contribution is 0.483. The third-order valence-corrected chi connectivity index (χ3v) is 9.46. The van der Waals surface area contributed by atoms with Crippen LogP contribution in [0.4, 0.5) is 22.7 Å². The molecule has 3 heterocycles. The minimum absolute atomic E-state index is 0.0143. The summed E-state index contributed by atoms with van der Waals surface area (Å²) >= 11 is 0. The van der Waals surface area contributed by atoms with E-state index in [1.165, 1.54) is 39.0 Å². The van der Waals surface area contributed by atoms with Gasteiger partial charge in [0.15, 0.2) is 0 Å². The monoisotopic (exact) mass is 642 g/mol. The maximum absolute atomic E-state index is 6.63. The Balaban J connectivity index is 1.14. The zero-order chi connectivity index (χ0) is 33.7. The van der Waals surface area contributed by atoms with Crippen molar-refractivity contribution in [3.8, 4) is 17.3 Å². The number of nitrogens with zero attached hydrogens (tertiary/aromatic N) is 4. The molecule has 0 aliphatic carbocycles. The molecule has 0 saturated heterocycles. The molecule has 2 aromatic heterocycles. The molecular formula is C44H42N4O. The molecule has 8 rings (SSSR count). The largest absolute Gasteiger partial charge is 0.457 e. The van der Waals surface area contributed by atoms with Crippen molar-refractivity contribution in [2.45, 2.75) is 46.5 Å². The predicted octanol–water partition coefficient (Wildman–Crippen LogP) is 11.7. The van der Waals surface area contributed by atoms with Crippen molar-refractivity contribution in [3.63, 3.8) is 0 Å². The summed E-state index contributed by atoms with van der Waals surface area (Å²) in [4.78, 5) is 9.61. The number of rotatable bonds is 7. The first kappa shape index (κ1) is 30.8. The van der Waals surface area contributed by atoms with Crippen LogP contribution in [0, 0.1) is 5.92 Å². The SMILES string of the molecule is CC(C)Cc1cccc(N2CN(c3cccc(Oc4ccc5c6ccccc6n(-c6cc(C(C)(C)C)ccn6)c5c4)c3)c3ccccc32)c1. The van der Waals surface area contributed by atoms with Gasteiger partial charge in [-0.2, -0.15) is 0 Å². The third kappa shape index (κ3) is 5.80. The Morgan fingerprint density at radius 2 is 1.33 bits per heavy atom. The van der Waals surface area contributed by atoms with Crippen LogP contribution >= 0.6 is 0 Å². The molecule has 49 heavy (non-hydrogen) atoms. The fourth-order valence-electron chi connectivity index (χ4n) is 7.10. The summed E-state index contributed by atoms with van der Waals surface area (Å²) in [7, 11) is 0. The summed E-state index contributed by atoms with van der Waals surface area (Å²) < 4.78 is 8.89. The van der Waals surface area contributed by atoms with Crippen LogP contribution in [-0.2, 0) is 11.8 Å². The average Bonchev–Trinajstić information content (AvgIpc) is 3.64. The number of ether oxygens (including phenoxy) is 1. The fraction of sp³-hybridized carbons (Fsp3) is 0.205. The maximum Gasteiger partial charge on any atom is 0.137 e. The van der Waals surface area contributed by atoms with Crippen molar-refractivity contribution in [1.82, 2.24) is 9.55 Å². The Kier molecular flexibility index (Phi) is 7.63. The van der Waals surface area contributed by atoms with E-state index in [-0.39, 0.29) is 5.41 Å². The molecule has 0 unspecified atom stereocenters. The van der Waals surface area contributed by atoms with Gasteiger partial charge < -0.3 is 14.5 Å². The molecule has 244 valence electrons. The van der Waals surface area contributed by atoms with Crippen molar-refractivity contribution in [2.24, 2.45) is 5.92 Å². The summed E-state index contributed by atoms with van der Waals surface area (Å²) in [5, 5.41) is 2.37. The van der Waals surface area contributed by atoms with Crippen molar-refractivity contribution in [3.05, 3.63) is 145 Å². The van der Waals surface area contributed by atoms with Crippen LogP contribution in [0.2, 0.25) is 0 Å². The highest BCUT2D eigenvalue weighted by Gasteiger charge is 2.28. The molecule has 0 fully saturated rings. The van der Waals surface area contributed by atoms with Gasteiger partial charge in [0.25, 0.3) is 0 Å². The topological polar surface area (TPSA) is 33.5 Å². The molecule has 0 amide bonds. The Bertz CT molecular complexity index is 2310. The lowest BCUT2D eigenvalue weighted by atomic mass is 9.88. The van der Waals surface area contributed by atoms with E-state index in [1.807, 2.05) is 12.3 Å². The first-order chi connectivity index (χ1) is 23.7. The number of fused-ring (bicyclic) bond motifs is 4. The summed E-state index contributed by atoms with van der Waals surface area (Å²) in [5.41, 5.74) is 9.52. The molecule has 7 aromatic rings. The first-order valence-corrected chi connectivity index (χ1v) is 17.2. The maximum atomic E-state index is 6.63. The lowest BCUT2D eigenvalue weighted by Crippen LogP contribution is -2.24. The first-order valence-electron chi connectivity index (χ1n) is 17.2. The quantitative estimate of drug-likeness (QED) is 0.173. The molecule has 1 aliphatic rings. The number of pyridine rings is 1. The van der Waals surface area contributed by atoms with Crippen molar-refractivity contribution >= 4 is 44.6 Å². The standard InChI is InChI=1S/C44H42N4O/c1-30(2)24-31-12-10-13-33(25-31)46-29-47(41-19-9-8-18-40(41)46)34-14-11-15-35(27-34)49-36-20-21-38-37-16-6-7-17-39(37)48(42(38)28-36)43-26-32(22-23-45-43)44(3,4)5/h6-23,25-28,30H,24,29H2,1-5H3. The second-order valence-corrected chi connectivity index (χ2v) is 14.5. The number of hydrogen-bond donors (Lipinski definition) is 0. The molecule has 5 aromatic carbocycles. The normalized spacial score (nSPS) is 13.1. The summed E-state index contributed by atoms with van der Waals surface area (Å²) in [6, 6.07) is 45.3. The van der Waals surface area contributed by atoms with Crippen LogP contribution in [0.5, 0.6) is 11.5 Å². The fourth-order valence-corrected chi connectivity index (χ4v) is 7.10. The molecular weight excluding hydrogens is 601 g/mol. The van der Waals surface area contributed by atoms with E-state index in [1.54, 1.807) is 0 Å². The smallest absolute Gasteiger partial charge is 0.137 e. The predicted molar refractivity (Wildman–Crippen MR) is 204 cm³/mol. The number of anilines is 4. The van der Waals surface area contributed by atoms with Crippen LogP contribution in [0.15, 0.2) is 134 Å². The van der Waals surface area contributed by atoms with E-state index in [0.29, 0.717) is 5.92 Å². The second kappa shape index (κ2) is 12.2. The molecule has 0 spiro atoms. The van der Waals surface area contributed by atoms with Crippen LogP contribution < -0.4 is 14.5 Å². The van der Waals surface area contributed by atoms with E-state index in [4.69, 9.17) is 9.72 Å². The average molecular weight is 643 g/mol. The Morgan fingerprint density at radius 1 is 0.653 bits per heavy atom. The van der Waals surface area contributed by atoms with Gasteiger partial charge in [-0.15, -0.1) is 0 Å². The minimum atomic E-state index is 0.0143. The molecule has 5 nitrogen and oxygen atoms in total. The van der Waals surface area contributed by atoms with Gasteiger partial charge in [0.05, 0.1) is 22.4 Å². The second-order valence-electron chi connectivity index (χ2n) is 14.5. The Labute approximate surface area is 289 Å². The van der Waals surface area contributed by atoms with Crippen molar-refractivity contribution in [1.29, 1.82) is 0 Å². The Morgan fingerprint density at radius 3 is 2.08 bits per heavy atom. The number of para-hydroxylation sites is 3. The number of hydrogen-bond acceptors (Lipinski definition) is 4. The van der Waals surface area contributed by atoms with Gasteiger partial charge in [0, 0.05) is 40.5 Å². The van der Waals surface area contributed by atoms with Crippen molar-refractivity contribution in [2.75, 3.05) is 16.5 Å². The van der Waals surface area contributed by atoms with E-state index in [2.05, 4.69) is 170 Å². The van der Waals surface area contributed by atoms with Gasteiger partial charge in [0.2, 0.25) is 0 Å². The molecule has 0 atom stereocenters. The minimum Gasteiger partial charge on any atom is -0.457 e. The van der Waals surface area contributed by atoms with Gasteiger partial charge in [-0.05, 0) is 95.6 Å². The molecule has 5 heteroatoms. The highest BCUT2D eigenvalue weighted by atomic mass is 16.5. The summed E-state index contributed by atoms with van der Waals surface area (Å²) in [5.74, 6) is 3.10. The lowest BCUT2D eigenvalue weighted by Gasteiger charge is -2.23. The zero-order valence-corrected chi connectivity index (χ0v) is 28.9. The molecule has 0 bridgehead atoms.